The second-order valence-corrected chi connectivity index (χ2v) is 5.30. The molecule has 0 atom stereocenters. The Morgan fingerprint density at radius 3 is 2.46 bits per heavy atom. The monoisotopic (exact) mass is 361 g/mol. The number of pyridine rings is 1. The number of carbonyl (C=O) groups is 1. The lowest BCUT2D eigenvalue weighted by Crippen LogP contribution is -2.08. The fourth-order valence-electron chi connectivity index (χ4n) is 1.74. The van der Waals surface area contributed by atoms with Gasteiger partial charge in [-0.05, 0) is 13.8 Å². The first-order chi connectivity index (χ1) is 11.2. The van der Waals surface area contributed by atoms with Gasteiger partial charge in [0, 0.05) is 12.1 Å². The summed E-state index contributed by atoms with van der Waals surface area (Å²) >= 11 is 5.92. The van der Waals surface area contributed by atoms with Crippen molar-refractivity contribution in [3.8, 4) is 17.4 Å². The molecule has 0 aliphatic carbocycles. The average Bonchev–Trinajstić information content (AvgIpc) is 2.46. The highest BCUT2D eigenvalue weighted by molar-refractivity contribution is 6.31. The molecule has 0 spiro atoms. The van der Waals surface area contributed by atoms with Gasteiger partial charge in [0.25, 0.3) is 0 Å². The van der Waals surface area contributed by atoms with Gasteiger partial charge in [-0.3, -0.25) is 0 Å². The van der Waals surface area contributed by atoms with Gasteiger partial charge in [-0.1, -0.05) is 11.6 Å². The second-order valence-electron chi connectivity index (χ2n) is 4.89. The van der Waals surface area contributed by atoms with Gasteiger partial charge in [-0.15, -0.1) is 0 Å². The van der Waals surface area contributed by atoms with E-state index in [-0.39, 0.29) is 22.8 Å². The van der Waals surface area contributed by atoms with E-state index in [1.165, 1.54) is 6.07 Å². The standard InChI is InChI=1S/C15H11ClF3NO4/c1-6(2)23-14-8(16)3-7(5-20-14)24-10-4-9(17)11(15(21)22)13(19)12(10)18/h3-6H,1-2H3,(H,21,22). The molecule has 2 aromatic rings. The van der Waals surface area contributed by atoms with Crippen LogP contribution < -0.4 is 9.47 Å². The molecule has 0 saturated carbocycles. The largest absolute Gasteiger partial charge is 0.477 e. The number of halogens is 4. The molecule has 5 nitrogen and oxygen atoms in total. The summed E-state index contributed by atoms with van der Waals surface area (Å²) in [5, 5.41) is 8.71. The van der Waals surface area contributed by atoms with Gasteiger partial charge in [0.15, 0.2) is 11.6 Å². The maximum Gasteiger partial charge on any atom is 0.341 e. The summed E-state index contributed by atoms with van der Waals surface area (Å²) in [4.78, 5) is 14.6. The van der Waals surface area contributed by atoms with Crippen LogP contribution in [-0.4, -0.2) is 22.2 Å². The van der Waals surface area contributed by atoms with Crippen LogP contribution in [0.5, 0.6) is 17.4 Å². The lowest BCUT2D eigenvalue weighted by Gasteiger charge is -2.12. The van der Waals surface area contributed by atoms with E-state index in [1.54, 1.807) is 13.8 Å². The molecule has 0 unspecified atom stereocenters. The summed E-state index contributed by atoms with van der Waals surface area (Å²) in [5.41, 5.74) is -1.41. The molecule has 0 saturated heterocycles. The number of nitrogens with zero attached hydrogens (tertiary/aromatic N) is 1. The van der Waals surface area contributed by atoms with Gasteiger partial charge in [-0.25, -0.2) is 18.6 Å². The fraction of sp³-hybridized carbons (Fsp3) is 0.200. The van der Waals surface area contributed by atoms with Crippen LogP contribution in [0.3, 0.4) is 0 Å². The summed E-state index contributed by atoms with van der Waals surface area (Å²) in [6.45, 7) is 3.51. The molecule has 0 bridgehead atoms. The summed E-state index contributed by atoms with van der Waals surface area (Å²) < 4.78 is 51.4. The highest BCUT2D eigenvalue weighted by Crippen LogP contribution is 2.32. The Bertz CT molecular complexity index is 799. The molecule has 0 aliphatic heterocycles. The molecule has 9 heteroatoms. The number of rotatable bonds is 5. The number of carboxylic acid groups (broad SMARTS) is 1. The zero-order chi connectivity index (χ0) is 18.0. The van der Waals surface area contributed by atoms with Gasteiger partial charge in [0.05, 0.1) is 12.3 Å². The first kappa shape index (κ1) is 17.9. The first-order valence-electron chi connectivity index (χ1n) is 6.61. The Kier molecular flexibility index (Phi) is 5.18. The van der Waals surface area contributed by atoms with Gasteiger partial charge < -0.3 is 14.6 Å². The minimum absolute atomic E-state index is 0.0460. The van der Waals surface area contributed by atoms with E-state index in [0.29, 0.717) is 6.07 Å². The van der Waals surface area contributed by atoms with E-state index in [0.717, 1.165) is 6.20 Å². The third kappa shape index (κ3) is 3.70. The Labute approximate surface area is 139 Å². The van der Waals surface area contributed by atoms with E-state index in [2.05, 4.69) is 4.98 Å². The summed E-state index contributed by atoms with van der Waals surface area (Å²) in [6.07, 6.45) is 0.926. The van der Waals surface area contributed by atoms with Crippen molar-refractivity contribution < 1.29 is 32.5 Å². The molecule has 0 fully saturated rings. The van der Waals surface area contributed by atoms with Crippen LogP contribution >= 0.6 is 11.6 Å². The molecular weight excluding hydrogens is 351 g/mol. The van der Waals surface area contributed by atoms with Gasteiger partial charge >= 0.3 is 5.97 Å². The number of benzene rings is 1. The van der Waals surface area contributed by atoms with Crippen LogP contribution in [0.2, 0.25) is 5.02 Å². The minimum atomic E-state index is -1.93. The Hall–Kier alpha value is -2.48. The number of hydrogen-bond acceptors (Lipinski definition) is 4. The number of aromatic carboxylic acids is 1. The number of carboxylic acids is 1. The van der Waals surface area contributed by atoms with Gasteiger partial charge in [0.2, 0.25) is 11.7 Å². The first-order valence-corrected chi connectivity index (χ1v) is 6.99. The van der Waals surface area contributed by atoms with Crippen molar-refractivity contribution in [2.45, 2.75) is 20.0 Å². The Morgan fingerprint density at radius 2 is 1.92 bits per heavy atom. The second kappa shape index (κ2) is 6.96. The van der Waals surface area contributed by atoms with Crippen molar-refractivity contribution >= 4 is 17.6 Å². The van der Waals surface area contributed by atoms with Crippen molar-refractivity contribution in [1.29, 1.82) is 0 Å². The predicted molar refractivity (Wildman–Crippen MR) is 78.4 cm³/mol. The molecule has 1 heterocycles. The molecule has 1 aromatic carbocycles. The van der Waals surface area contributed by atoms with E-state index in [4.69, 9.17) is 26.2 Å². The molecular formula is C15H11ClF3NO4. The molecule has 1 aromatic heterocycles. The van der Waals surface area contributed by atoms with Crippen LogP contribution in [0.1, 0.15) is 24.2 Å². The summed E-state index contributed by atoms with van der Waals surface area (Å²) in [6, 6.07) is 1.64. The third-order valence-electron chi connectivity index (χ3n) is 2.70. The topological polar surface area (TPSA) is 68.7 Å². The van der Waals surface area contributed by atoms with E-state index in [1.807, 2.05) is 0 Å². The molecule has 1 N–H and O–H groups in total. The molecule has 128 valence electrons. The Balaban J connectivity index is 2.35. The fourth-order valence-corrected chi connectivity index (χ4v) is 1.95. The van der Waals surface area contributed by atoms with Crippen molar-refractivity contribution in [1.82, 2.24) is 4.98 Å². The van der Waals surface area contributed by atoms with Crippen molar-refractivity contribution in [2.75, 3.05) is 0 Å². The number of hydrogen-bond donors (Lipinski definition) is 1. The maximum absolute atomic E-state index is 13.8. The number of ether oxygens (including phenoxy) is 2. The predicted octanol–water partition coefficient (Wildman–Crippen LogP) is 4.43. The van der Waals surface area contributed by atoms with Crippen molar-refractivity contribution in [3.63, 3.8) is 0 Å². The zero-order valence-corrected chi connectivity index (χ0v) is 13.2. The Morgan fingerprint density at radius 1 is 1.25 bits per heavy atom. The van der Waals surface area contributed by atoms with Crippen LogP contribution in [0, 0.1) is 17.5 Å². The van der Waals surface area contributed by atoms with E-state index in [9.17, 15) is 18.0 Å². The highest BCUT2D eigenvalue weighted by Gasteiger charge is 2.25. The quantitative estimate of drug-likeness (QED) is 0.798. The summed E-state index contributed by atoms with van der Waals surface area (Å²) in [7, 11) is 0. The minimum Gasteiger partial charge on any atom is -0.477 e. The van der Waals surface area contributed by atoms with Crippen LogP contribution in [0.25, 0.3) is 0 Å². The van der Waals surface area contributed by atoms with Crippen LogP contribution in [0.4, 0.5) is 13.2 Å². The molecule has 0 aliphatic rings. The molecule has 0 amide bonds. The van der Waals surface area contributed by atoms with E-state index < -0.39 is 34.7 Å². The molecule has 24 heavy (non-hydrogen) atoms. The van der Waals surface area contributed by atoms with Crippen molar-refractivity contribution in [3.05, 3.63) is 46.4 Å². The van der Waals surface area contributed by atoms with Crippen LogP contribution in [0.15, 0.2) is 18.3 Å². The van der Waals surface area contributed by atoms with Crippen LogP contribution in [-0.2, 0) is 0 Å². The van der Waals surface area contributed by atoms with Gasteiger partial charge in [-0.2, -0.15) is 4.39 Å². The number of aromatic nitrogens is 1. The maximum atomic E-state index is 13.8. The van der Waals surface area contributed by atoms with Crippen molar-refractivity contribution in [2.24, 2.45) is 0 Å². The molecule has 2 rings (SSSR count). The smallest absolute Gasteiger partial charge is 0.341 e. The zero-order valence-electron chi connectivity index (χ0n) is 12.4. The summed E-state index contributed by atoms with van der Waals surface area (Å²) in [5.74, 6) is -7.77. The lowest BCUT2D eigenvalue weighted by molar-refractivity contribution is 0.0685. The van der Waals surface area contributed by atoms with E-state index >= 15 is 0 Å². The third-order valence-corrected chi connectivity index (χ3v) is 2.97. The lowest BCUT2D eigenvalue weighted by atomic mass is 10.2. The normalized spacial score (nSPS) is 10.8. The highest BCUT2D eigenvalue weighted by atomic mass is 35.5. The van der Waals surface area contributed by atoms with Gasteiger partial charge in [0.1, 0.15) is 22.2 Å². The molecule has 0 radical (unpaired) electrons. The SMILES string of the molecule is CC(C)Oc1ncc(Oc2cc(F)c(C(=O)O)c(F)c2F)cc1Cl. The average molecular weight is 362 g/mol.